The number of halogens is 1. The Balaban J connectivity index is 2.23. The minimum Gasteiger partial charge on any atom is -0.370 e. The molecule has 1 heterocycles. The van der Waals surface area contributed by atoms with E-state index in [1.807, 2.05) is 4.90 Å². The van der Waals surface area contributed by atoms with Gasteiger partial charge in [-0.2, -0.15) is 0 Å². The fraction of sp³-hybridized carbons (Fsp3) is 0.417. The molecule has 3 nitrogen and oxygen atoms in total. The summed E-state index contributed by atoms with van der Waals surface area (Å²) in [5.74, 6) is 0.301. The summed E-state index contributed by atoms with van der Waals surface area (Å²) in [5.41, 5.74) is 6.77. The zero-order valence-corrected chi connectivity index (χ0v) is 9.36. The highest BCUT2D eigenvalue weighted by molar-refractivity contribution is 5.97. The summed E-state index contributed by atoms with van der Waals surface area (Å²) >= 11 is 0. The quantitative estimate of drug-likeness (QED) is 0.849. The highest BCUT2D eigenvalue weighted by Gasteiger charge is 2.26. The second-order valence-electron chi connectivity index (χ2n) is 3.99. The number of nitrogens with zero attached hydrogens (tertiary/aromatic N) is 2. The monoisotopic (exact) mass is 221 g/mol. The number of hydrogen-bond acceptors (Lipinski definition) is 3. The third-order valence-corrected chi connectivity index (χ3v) is 2.80. The average molecular weight is 221 g/mol. The normalized spacial score (nSPS) is 20.0. The molecular formula is C12H16FN3. The van der Waals surface area contributed by atoms with Crippen LogP contribution in [0, 0.1) is 5.82 Å². The number of anilines is 1. The molecular weight excluding hydrogens is 205 g/mol. The van der Waals surface area contributed by atoms with E-state index in [-0.39, 0.29) is 5.82 Å². The third kappa shape index (κ3) is 2.01. The Hall–Kier alpha value is -1.58. The fourth-order valence-corrected chi connectivity index (χ4v) is 2.04. The summed E-state index contributed by atoms with van der Waals surface area (Å²) in [4.78, 5) is 6.23. The van der Waals surface area contributed by atoms with Crippen LogP contribution < -0.4 is 10.6 Å². The second kappa shape index (κ2) is 4.51. The van der Waals surface area contributed by atoms with Crippen LogP contribution in [0.2, 0.25) is 0 Å². The average Bonchev–Trinajstić information content (AvgIpc) is 2.62. The minimum atomic E-state index is -0.231. The van der Waals surface area contributed by atoms with E-state index in [1.165, 1.54) is 12.1 Å². The summed E-state index contributed by atoms with van der Waals surface area (Å²) in [6, 6.07) is 6.70. The molecule has 2 N–H and O–H groups in total. The van der Waals surface area contributed by atoms with Crippen LogP contribution >= 0.6 is 0 Å². The number of guanidine groups is 1. The number of rotatable bonds is 3. The summed E-state index contributed by atoms with van der Waals surface area (Å²) < 4.78 is 12.8. The van der Waals surface area contributed by atoms with Crippen molar-refractivity contribution in [2.24, 2.45) is 10.7 Å². The fourth-order valence-electron chi connectivity index (χ4n) is 2.04. The highest BCUT2D eigenvalue weighted by Crippen LogP contribution is 2.23. The first-order valence-electron chi connectivity index (χ1n) is 5.57. The molecule has 1 atom stereocenters. The number of hydrogen-bond donors (Lipinski definition) is 1. The predicted octanol–water partition coefficient (Wildman–Crippen LogP) is 2.13. The van der Waals surface area contributed by atoms with E-state index in [4.69, 9.17) is 5.73 Å². The van der Waals surface area contributed by atoms with E-state index in [1.54, 1.807) is 12.1 Å². The van der Waals surface area contributed by atoms with Crippen LogP contribution in [0.3, 0.4) is 0 Å². The van der Waals surface area contributed by atoms with E-state index in [0.29, 0.717) is 12.0 Å². The second-order valence-corrected chi connectivity index (χ2v) is 3.99. The van der Waals surface area contributed by atoms with Crippen LogP contribution in [0.25, 0.3) is 0 Å². The highest BCUT2D eigenvalue weighted by atomic mass is 19.1. The first-order valence-corrected chi connectivity index (χ1v) is 5.57. The van der Waals surface area contributed by atoms with Crippen LogP contribution in [0.15, 0.2) is 29.3 Å². The first-order chi connectivity index (χ1) is 7.72. The van der Waals surface area contributed by atoms with Gasteiger partial charge in [-0.15, -0.1) is 0 Å². The van der Waals surface area contributed by atoms with E-state index in [2.05, 4.69) is 11.9 Å². The largest absolute Gasteiger partial charge is 0.370 e. The van der Waals surface area contributed by atoms with E-state index < -0.39 is 0 Å². The lowest BCUT2D eigenvalue weighted by molar-refractivity contribution is 0.622. The molecule has 0 amide bonds. The lowest BCUT2D eigenvalue weighted by atomic mass is 10.1. The molecule has 0 fully saturated rings. The molecule has 1 aliphatic rings. The van der Waals surface area contributed by atoms with Crippen LogP contribution in [0.5, 0.6) is 0 Å². The summed E-state index contributed by atoms with van der Waals surface area (Å²) in [6.07, 6.45) is 2.13. The lowest BCUT2D eigenvalue weighted by Crippen LogP contribution is -2.40. The Morgan fingerprint density at radius 1 is 1.44 bits per heavy atom. The molecule has 1 aliphatic heterocycles. The molecule has 1 aromatic rings. The van der Waals surface area contributed by atoms with Crippen LogP contribution in [-0.2, 0) is 0 Å². The van der Waals surface area contributed by atoms with E-state index in [9.17, 15) is 4.39 Å². The molecule has 0 saturated heterocycles. The van der Waals surface area contributed by atoms with Gasteiger partial charge < -0.3 is 10.6 Å². The predicted molar refractivity (Wildman–Crippen MR) is 64.1 cm³/mol. The van der Waals surface area contributed by atoms with E-state index in [0.717, 1.165) is 25.1 Å². The molecule has 1 aromatic carbocycles. The van der Waals surface area contributed by atoms with Gasteiger partial charge in [0.05, 0.1) is 12.6 Å². The van der Waals surface area contributed by atoms with Gasteiger partial charge in [0.15, 0.2) is 5.96 Å². The van der Waals surface area contributed by atoms with Gasteiger partial charge in [-0.3, -0.25) is 4.99 Å². The molecule has 16 heavy (non-hydrogen) atoms. The summed E-state index contributed by atoms with van der Waals surface area (Å²) in [7, 11) is 0. The van der Waals surface area contributed by atoms with Gasteiger partial charge in [0.2, 0.25) is 0 Å². The smallest absolute Gasteiger partial charge is 0.196 e. The zero-order chi connectivity index (χ0) is 11.5. The topological polar surface area (TPSA) is 41.6 Å². The Kier molecular flexibility index (Phi) is 3.08. The number of nitrogens with two attached hydrogens (primary N) is 1. The van der Waals surface area contributed by atoms with Gasteiger partial charge in [-0.05, 0) is 30.7 Å². The third-order valence-electron chi connectivity index (χ3n) is 2.80. The maximum atomic E-state index is 12.8. The van der Waals surface area contributed by atoms with Crippen molar-refractivity contribution in [2.75, 3.05) is 11.4 Å². The van der Waals surface area contributed by atoms with Crippen LogP contribution in [-0.4, -0.2) is 18.5 Å². The van der Waals surface area contributed by atoms with Crippen molar-refractivity contribution in [2.45, 2.75) is 25.8 Å². The number of benzene rings is 1. The molecule has 2 rings (SSSR count). The van der Waals surface area contributed by atoms with Crippen molar-refractivity contribution < 1.29 is 4.39 Å². The molecule has 0 aliphatic carbocycles. The molecule has 0 radical (unpaired) electrons. The Bertz CT molecular complexity index is 386. The number of aliphatic imine (C=N–C) groups is 1. The molecule has 86 valence electrons. The molecule has 0 spiro atoms. The van der Waals surface area contributed by atoms with Crippen molar-refractivity contribution in [3.63, 3.8) is 0 Å². The van der Waals surface area contributed by atoms with Gasteiger partial charge in [0.1, 0.15) is 5.82 Å². The van der Waals surface area contributed by atoms with Gasteiger partial charge in [-0.25, -0.2) is 4.39 Å². The summed E-state index contributed by atoms with van der Waals surface area (Å²) in [6.45, 7) is 2.87. The maximum absolute atomic E-state index is 12.8. The van der Waals surface area contributed by atoms with Gasteiger partial charge >= 0.3 is 0 Å². The molecule has 1 unspecified atom stereocenters. The standard InChI is InChI=1S/C12H16FN3/c1-2-3-11-8-15-12(14)16(11)10-6-4-9(13)5-7-10/h4-7,11H,2-3,8H2,1H3,(H2,14,15). The molecule has 0 aromatic heterocycles. The van der Waals surface area contributed by atoms with E-state index >= 15 is 0 Å². The molecule has 0 bridgehead atoms. The first kappa shape index (κ1) is 10.9. The van der Waals surface area contributed by atoms with Crippen molar-refractivity contribution >= 4 is 11.6 Å². The van der Waals surface area contributed by atoms with Gasteiger partial charge in [0, 0.05) is 5.69 Å². The van der Waals surface area contributed by atoms with Crippen molar-refractivity contribution in [3.8, 4) is 0 Å². The van der Waals surface area contributed by atoms with Crippen molar-refractivity contribution in [3.05, 3.63) is 30.1 Å². The maximum Gasteiger partial charge on any atom is 0.196 e. The lowest BCUT2D eigenvalue weighted by Gasteiger charge is -2.25. The van der Waals surface area contributed by atoms with Gasteiger partial charge in [0.25, 0.3) is 0 Å². The minimum absolute atomic E-state index is 0.231. The Morgan fingerprint density at radius 2 is 2.12 bits per heavy atom. The Morgan fingerprint density at radius 3 is 2.75 bits per heavy atom. The summed E-state index contributed by atoms with van der Waals surface area (Å²) in [5, 5.41) is 0. The van der Waals surface area contributed by atoms with Crippen molar-refractivity contribution in [1.82, 2.24) is 0 Å². The van der Waals surface area contributed by atoms with Gasteiger partial charge in [-0.1, -0.05) is 13.3 Å². The molecule has 0 saturated carbocycles. The van der Waals surface area contributed by atoms with Crippen LogP contribution in [0.1, 0.15) is 19.8 Å². The Labute approximate surface area is 94.8 Å². The van der Waals surface area contributed by atoms with Crippen molar-refractivity contribution in [1.29, 1.82) is 0 Å². The zero-order valence-electron chi connectivity index (χ0n) is 9.36. The molecule has 4 heteroatoms. The SMILES string of the molecule is CCCC1CN=C(N)N1c1ccc(F)cc1. The van der Waals surface area contributed by atoms with Crippen LogP contribution in [0.4, 0.5) is 10.1 Å².